The van der Waals surface area contributed by atoms with Gasteiger partial charge in [-0.1, -0.05) is 33.3 Å². The van der Waals surface area contributed by atoms with Crippen molar-refractivity contribution in [3.63, 3.8) is 0 Å². The van der Waals surface area contributed by atoms with Crippen LogP contribution in [0, 0.1) is 50.7 Å². The maximum absolute atomic E-state index is 12.6. The van der Waals surface area contributed by atoms with Crippen LogP contribution in [0.2, 0.25) is 0 Å². The maximum Gasteiger partial charge on any atom is 0.330 e. The van der Waals surface area contributed by atoms with Gasteiger partial charge < -0.3 is 24.4 Å². The second kappa shape index (κ2) is 8.61. The number of carbonyl (C=O) groups is 1. The Morgan fingerprint density at radius 2 is 1.63 bits per heavy atom. The summed E-state index contributed by atoms with van der Waals surface area (Å²) in [6.45, 7) is 17.6. The Morgan fingerprint density at radius 1 is 0.927 bits per heavy atom. The summed E-state index contributed by atoms with van der Waals surface area (Å²) in [7, 11) is 0. The van der Waals surface area contributed by atoms with Crippen molar-refractivity contribution < 1.29 is 29.2 Å². The highest BCUT2D eigenvalue weighted by Gasteiger charge is 2.86. The molecule has 0 amide bonds. The summed E-state index contributed by atoms with van der Waals surface area (Å²) in [6.07, 6.45) is 9.92. The Balaban J connectivity index is 1.14. The third kappa shape index (κ3) is 3.60. The lowest BCUT2D eigenvalue weighted by molar-refractivity contribution is -0.245. The van der Waals surface area contributed by atoms with Gasteiger partial charge in [0, 0.05) is 22.8 Å². The zero-order chi connectivity index (χ0) is 29.5. The van der Waals surface area contributed by atoms with Crippen LogP contribution in [-0.2, 0) is 19.0 Å². The van der Waals surface area contributed by atoms with E-state index in [9.17, 15) is 15.0 Å². The van der Waals surface area contributed by atoms with Gasteiger partial charge in [-0.25, -0.2) is 4.79 Å². The Bertz CT molecular complexity index is 1160. The van der Waals surface area contributed by atoms with E-state index >= 15 is 0 Å². The second-order valence-electron chi connectivity index (χ2n) is 17.4. The zero-order valence-electron chi connectivity index (χ0n) is 26.7. The lowest BCUT2D eigenvalue weighted by atomic mass is 9.37. The van der Waals surface area contributed by atoms with Crippen LogP contribution in [0.25, 0.3) is 0 Å². The summed E-state index contributed by atoms with van der Waals surface area (Å²) in [5, 5.41) is 23.4. The number of hydrogen-bond acceptors (Lipinski definition) is 6. The molecule has 7 rings (SSSR count). The average molecular weight is 571 g/mol. The number of aliphatic hydroxyl groups is 2. The van der Waals surface area contributed by atoms with Crippen LogP contribution in [0.4, 0.5) is 0 Å². The first-order chi connectivity index (χ1) is 19.0. The first-order valence-electron chi connectivity index (χ1n) is 16.6. The van der Waals surface area contributed by atoms with E-state index in [1.54, 1.807) is 6.08 Å². The molecule has 41 heavy (non-hydrogen) atoms. The molecule has 0 spiro atoms. The molecular weight excluding hydrogens is 516 g/mol. The van der Waals surface area contributed by atoms with Crippen LogP contribution in [0.5, 0.6) is 0 Å². The molecule has 5 aliphatic carbocycles. The molecule has 5 saturated carbocycles. The molecule has 6 heteroatoms. The molecule has 6 nitrogen and oxygen atoms in total. The number of ether oxygens (including phenoxy) is 3. The van der Waals surface area contributed by atoms with Gasteiger partial charge in [0.1, 0.15) is 12.2 Å². The topological polar surface area (TPSA) is 88.5 Å². The molecule has 0 radical (unpaired) electrons. The monoisotopic (exact) mass is 570 g/mol. The maximum atomic E-state index is 12.6. The standard InChI is InChI=1S/C35H54O6/c1-19(2)15-27(37)40-26-11-12-32(7)23-10-13-34-18-35(34,33(23,8)25(36)17-24(32)30(26,3)4)14-9-21(34)20-16-22(39-29(20)38)28-31(5,6)41-28/h15,20-26,28-29,36,38H,9-14,16-18H2,1-8H3/t20-,21-,22+,23+,24-,25+,26+,28?,29?,32+,33-,34+,35+/m0/s1. The highest BCUT2D eigenvalue weighted by Crippen LogP contribution is 2.91. The number of allylic oxidation sites excluding steroid dienone is 1. The normalized spacial score (nSPS) is 55.6. The Kier molecular flexibility index (Phi) is 6.05. The lowest BCUT2D eigenvalue weighted by Crippen LogP contribution is -2.66. The molecule has 2 saturated heterocycles. The SMILES string of the molecule is CC(C)=CC(=O)O[C@@H]1CC[C@]2(C)[C@H]3CC[C@]45C[C@]4(CC[C@H]5[C@@H]4C[C@H](C5OC5(C)C)OC4O)[C@]3(C)[C@H](O)C[C@H]2C1(C)C. The minimum Gasteiger partial charge on any atom is -0.459 e. The molecule has 7 fully saturated rings. The van der Waals surface area contributed by atoms with Crippen molar-refractivity contribution in [3.05, 3.63) is 11.6 Å². The van der Waals surface area contributed by atoms with Crippen LogP contribution >= 0.6 is 0 Å². The van der Waals surface area contributed by atoms with Crippen molar-refractivity contribution in [2.24, 2.45) is 50.7 Å². The van der Waals surface area contributed by atoms with Crippen molar-refractivity contribution in [3.8, 4) is 0 Å². The zero-order valence-corrected chi connectivity index (χ0v) is 26.7. The predicted octanol–water partition coefficient (Wildman–Crippen LogP) is 6.18. The molecule has 2 N–H and O–H groups in total. The minimum absolute atomic E-state index is 0.00901. The van der Waals surface area contributed by atoms with Crippen LogP contribution in [0.1, 0.15) is 113 Å². The van der Waals surface area contributed by atoms with E-state index in [1.165, 1.54) is 12.8 Å². The number of hydrogen-bond donors (Lipinski definition) is 2. The fraction of sp³-hybridized carbons (Fsp3) is 0.914. The van der Waals surface area contributed by atoms with E-state index in [0.717, 1.165) is 50.5 Å². The molecule has 230 valence electrons. The van der Waals surface area contributed by atoms with E-state index in [-0.39, 0.29) is 69.0 Å². The second-order valence-corrected chi connectivity index (χ2v) is 17.4. The van der Waals surface area contributed by atoms with Gasteiger partial charge in [0.15, 0.2) is 6.29 Å². The van der Waals surface area contributed by atoms with E-state index in [0.29, 0.717) is 17.8 Å². The Hall–Kier alpha value is -0.950. The van der Waals surface area contributed by atoms with E-state index in [2.05, 4.69) is 41.5 Å². The van der Waals surface area contributed by atoms with Crippen molar-refractivity contribution in [2.45, 2.75) is 149 Å². The molecule has 2 heterocycles. The molecule has 13 atom stereocenters. The van der Waals surface area contributed by atoms with Crippen LogP contribution in [0.15, 0.2) is 11.6 Å². The van der Waals surface area contributed by atoms with Gasteiger partial charge in [0.05, 0.1) is 17.8 Å². The van der Waals surface area contributed by atoms with Gasteiger partial charge in [0.2, 0.25) is 0 Å². The fourth-order valence-corrected chi connectivity index (χ4v) is 13.0. The van der Waals surface area contributed by atoms with Gasteiger partial charge in [-0.15, -0.1) is 0 Å². The first kappa shape index (κ1) is 28.8. The van der Waals surface area contributed by atoms with E-state index < -0.39 is 6.29 Å². The highest BCUT2D eigenvalue weighted by atomic mass is 16.7. The van der Waals surface area contributed by atoms with Gasteiger partial charge in [0.25, 0.3) is 0 Å². The molecule has 2 unspecified atom stereocenters. The summed E-state index contributed by atoms with van der Waals surface area (Å²) >= 11 is 0. The van der Waals surface area contributed by atoms with Crippen LogP contribution in [0.3, 0.4) is 0 Å². The number of epoxide rings is 1. The summed E-state index contributed by atoms with van der Waals surface area (Å²) in [6, 6.07) is 0. The predicted molar refractivity (Wildman–Crippen MR) is 156 cm³/mol. The Morgan fingerprint density at radius 3 is 2.29 bits per heavy atom. The smallest absolute Gasteiger partial charge is 0.330 e. The van der Waals surface area contributed by atoms with Crippen molar-refractivity contribution in [1.82, 2.24) is 0 Å². The number of carbonyl (C=O) groups excluding carboxylic acids is 1. The number of rotatable bonds is 4. The molecule has 2 aliphatic heterocycles. The van der Waals surface area contributed by atoms with Gasteiger partial charge in [-0.05, 0) is 119 Å². The highest BCUT2D eigenvalue weighted by molar-refractivity contribution is 5.82. The molecule has 0 bridgehead atoms. The van der Waals surface area contributed by atoms with Crippen LogP contribution in [-0.4, -0.2) is 52.5 Å². The number of fused-ring (bicyclic) bond motifs is 3. The molecular formula is C35H54O6. The minimum atomic E-state index is -0.704. The lowest BCUT2D eigenvalue weighted by Gasteiger charge is -2.68. The third-order valence-electron chi connectivity index (χ3n) is 14.9. The van der Waals surface area contributed by atoms with Gasteiger partial charge in [-0.2, -0.15) is 0 Å². The largest absolute Gasteiger partial charge is 0.459 e. The van der Waals surface area contributed by atoms with E-state index in [1.807, 2.05) is 13.8 Å². The first-order valence-corrected chi connectivity index (χ1v) is 16.6. The van der Waals surface area contributed by atoms with Gasteiger partial charge in [-0.3, -0.25) is 0 Å². The van der Waals surface area contributed by atoms with E-state index in [4.69, 9.17) is 14.2 Å². The number of esters is 1. The summed E-state index contributed by atoms with van der Waals surface area (Å²) in [5.74, 6) is 1.14. The molecule has 7 aliphatic rings. The summed E-state index contributed by atoms with van der Waals surface area (Å²) in [4.78, 5) is 12.6. The summed E-state index contributed by atoms with van der Waals surface area (Å²) < 4.78 is 18.1. The third-order valence-corrected chi connectivity index (χ3v) is 14.9. The average Bonchev–Trinajstić information content (AvgIpc) is 3.62. The molecule has 0 aromatic heterocycles. The Labute approximate surface area is 247 Å². The van der Waals surface area contributed by atoms with Crippen molar-refractivity contribution in [1.29, 1.82) is 0 Å². The van der Waals surface area contributed by atoms with Crippen molar-refractivity contribution in [2.75, 3.05) is 0 Å². The van der Waals surface area contributed by atoms with Crippen LogP contribution < -0.4 is 0 Å². The molecule has 0 aromatic carbocycles. The summed E-state index contributed by atoms with van der Waals surface area (Å²) in [5.41, 5.74) is 0.972. The number of aliphatic hydroxyl groups excluding tert-OH is 2. The quantitative estimate of drug-likeness (QED) is 0.239. The van der Waals surface area contributed by atoms with Crippen molar-refractivity contribution >= 4 is 5.97 Å². The molecule has 0 aromatic rings. The van der Waals surface area contributed by atoms with Gasteiger partial charge >= 0.3 is 5.97 Å². The fourth-order valence-electron chi connectivity index (χ4n) is 13.0.